The molecule has 0 N–H and O–H groups in total. The maximum Gasteiger partial charge on any atom is 0.324 e. The van der Waals surface area contributed by atoms with Gasteiger partial charge in [0.2, 0.25) is 0 Å². The number of methoxy groups -OCH3 is 1. The van der Waals surface area contributed by atoms with Crippen molar-refractivity contribution in [2.45, 2.75) is 79.2 Å². The topological polar surface area (TPSA) is 58.6 Å². The monoisotopic (exact) mass is 542 g/mol. The highest BCUT2D eigenvalue weighted by atomic mass is 16.5. The van der Waals surface area contributed by atoms with E-state index in [4.69, 9.17) is 14.7 Å². The SMILES string of the molecule is CCc1cccc(CC)c1-c1nc(C)c(CCc2cc(C(C)C)ccc2C)c(N2CCN(C)C(C(=O)OC)C2)n1. The molecule has 0 saturated carbocycles. The lowest BCUT2D eigenvalue weighted by Gasteiger charge is -2.39. The van der Waals surface area contributed by atoms with E-state index in [1.54, 1.807) is 0 Å². The third kappa shape index (κ3) is 6.22. The molecule has 2 aromatic carbocycles. The molecule has 40 heavy (non-hydrogen) atoms. The van der Waals surface area contributed by atoms with Gasteiger partial charge in [-0.15, -0.1) is 0 Å². The zero-order valence-corrected chi connectivity index (χ0v) is 25.7. The van der Waals surface area contributed by atoms with Gasteiger partial charge in [0.05, 0.1) is 7.11 Å². The maximum absolute atomic E-state index is 12.7. The number of benzene rings is 2. The minimum absolute atomic E-state index is 0.203. The van der Waals surface area contributed by atoms with Crippen molar-refractivity contribution >= 4 is 11.8 Å². The Labute approximate surface area is 240 Å². The number of rotatable bonds is 9. The number of likely N-dealkylation sites (N-methyl/N-ethyl adjacent to an activating group) is 1. The zero-order valence-electron chi connectivity index (χ0n) is 25.7. The number of nitrogens with zero attached hydrogens (tertiary/aromatic N) is 4. The van der Waals surface area contributed by atoms with Crippen LogP contribution in [-0.4, -0.2) is 60.7 Å². The molecule has 4 rings (SSSR count). The van der Waals surface area contributed by atoms with Gasteiger partial charge in [-0.2, -0.15) is 0 Å². The van der Waals surface area contributed by atoms with E-state index in [0.717, 1.165) is 61.7 Å². The van der Waals surface area contributed by atoms with E-state index in [-0.39, 0.29) is 12.0 Å². The van der Waals surface area contributed by atoms with Gasteiger partial charge < -0.3 is 9.64 Å². The summed E-state index contributed by atoms with van der Waals surface area (Å²) in [7, 11) is 3.46. The first-order valence-electron chi connectivity index (χ1n) is 14.8. The predicted molar refractivity (Wildman–Crippen MR) is 164 cm³/mol. The van der Waals surface area contributed by atoms with Crippen molar-refractivity contribution in [3.05, 3.63) is 75.5 Å². The van der Waals surface area contributed by atoms with E-state index in [9.17, 15) is 4.79 Å². The summed E-state index contributed by atoms with van der Waals surface area (Å²) in [5.41, 5.74) is 9.92. The summed E-state index contributed by atoms with van der Waals surface area (Å²) in [5, 5.41) is 0. The van der Waals surface area contributed by atoms with Gasteiger partial charge in [0.1, 0.15) is 11.9 Å². The third-order valence-electron chi connectivity index (χ3n) is 8.52. The van der Waals surface area contributed by atoms with E-state index >= 15 is 0 Å². The molecule has 0 aliphatic carbocycles. The van der Waals surface area contributed by atoms with Crippen LogP contribution in [0.2, 0.25) is 0 Å². The van der Waals surface area contributed by atoms with Gasteiger partial charge >= 0.3 is 5.97 Å². The van der Waals surface area contributed by atoms with Crippen molar-refractivity contribution in [3.8, 4) is 11.4 Å². The number of hydrogen-bond donors (Lipinski definition) is 0. The minimum atomic E-state index is -0.329. The summed E-state index contributed by atoms with van der Waals surface area (Å²) in [6.45, 7) is 15.3. The Balaban J connectivity index is 1.81. The lowest BCUT2D eigenvalue weighted by atomic mass is 9.93. The van der Waals surface area contributed by atoms with Crippen molar-refractivity contribution in [2.75, 3.05) is 38.7 Å². The molecule has 1 saturated heterocycles. The molecule has 6 heteroatoms. The van der Waals surface area contributed by atoms with E-state index in [1.807, 2.05) is 7.05 Å². The van der Waals surface area contributed by atoms with Crippen LogP contribution in [0, 0.1) is 13.8 Å². The lowest BCUT2D eigenvalue weighted by Crippen LogP contribution is -2.55. The van der Waals surface area contributed by atoms with Crippen LogP contribution in [-0.2, 0) is 35.2 Å². The molecule has 1 aliphatic rings. The molecule has 0 amide bonds. The molecule has 214 valence electrons. The number of carbonyl (C=O) groups is 1. The maximum atomic E-state index is 12.7. The van der Waals surface area contributed by atoms with E-state index < -0.39 is 0 Å². The first-order valence-corrected chi connectivity index (χ1v) is 14.8. The van der Waals surface area contributed by atoms with Crippen LogP contribution in [0.1, 0.15) is 72.7 Å². The standard InChI is InChI=1S/C34H46N4O2/c1-9-25-12-11-13-26(10-2)31(25)32-35-24(6)29(17-16-28-20-27(22(3)4)15-14-23(28)5)33(36-32)38-19-18-37(7)30(21-38)34(39)40-8/h11-15,20,22,30H,9-10,16-19,21H2,1-8H3. The molecule has 2 heterocycles. The van der Waals surface area contributed by atoms with Gasteiger partial charge in [-0.1, -0.05) is 64.1 Å². The molecule has 1 unspecified atom stereocenters. The van der Waals surface area contributed by atoms with Crippen molar-refractivity contribution in [2.24, 2.45) is 0 Å². The average molecular weight is 543 g/mol. The largest absolute Gasteiger partial charge is 0.468 e. The number of piperazine rings is 1. The predicted octanol–water partition coefficient (Wildman–Crippen LogP) is 6.09. The Morgan fingerprint density at radius 1 is 1.00 bits per heavy atom. The molecule has 6 nitrogen and oxygen atoms in total. The van der Waals surface area contributed by atoms with Gasteiger partial charge in [-0.25, -0.2) is 9.97 Å². The van der Waals surface area contributed by atoms with Gasteiger partial charge in [0.15, 0.2) is 5.82 Å². The van der Waals surface area contributed by atoms with Crippen molar-refractivity contribution in [1.29, 1.82) is 0 Å². The summed E-state index contributed by atoms with van der Waals surface area (Å²) in [6, 6.07) is 13.0. The number of anilines is 1. The fraction of sp³-hybridized carbons (Fsp3) is 0.500. The van der Waals surface area contributed by atoms with Crippen molar-refractivity contribution in [1.82, 2.24) is 14.9 Å². The van der Waals surface area contributed by atoms with Crippen LogP contribution in [0.3, 0.4) is 0 Å². The van der Waals surface area contributed by atoms with Crippen molar-refractivity contribution < 1.29 is 9.53 Å². The Bertz CT molecular complexity index is 1330. The summed E-state index contributed by atoms with van der Waals surface area (Å²) in [5.74, 6) is 2.03. The second-order valence-electron chi connectivity index (χ2n) is 11.4. The summed E-state index contributed by atoms with van der Waals surface area (Å²) in [4.78, 5) is 27.5. The first-order chi connectivity index (χ1) is 19.2. The highest BCUT2D eigenvalue weighted by molar-refractivity contribution is 5.77. The van der Waals surface area contributed by atoms with E-state index in [2.05, 4.69) is 87.7 Å². The quantitative estimate of drug-likeness (QED) is 0.305. The van der Waals surface area contributed by atoms with Gasteiger partial charge in [-0.05, 0) is 80.3 Å². The fourth-order valence-corrected chi connectivity index (χ4v) is 5.81. The first kappa shape index (κ1) is 29.7. The molecule has 1 aliphatic heterocycles. The highest BCUT2D eigenvalue weighted by Crippen LogP contribution is 2.32. The average Bonchev–Trinajstić information content (AvgIpc) is 2.96. The zero-order chi connectivity index (χ0) is 29.0. The Kier molecular flexibility index (Phi) is 9.62. The lowest BCUT2D eigenvalue weighted by molar-refractivity contribution is -0.146. The molecule has 1 atom stereocenters. The van der Waals surface area contributed by atoms with Gasteiger partial charge in [-0.3, -0.25) is 9.69 Å². The molecule has 1 fully saturated rings. The van der Waals surface area contributed by atoms with Crippen LogP contribution in [0.5, 0.6) is 0 Å². The summed E-state index contributed by atoms with van der Waals surface area (Å²) in [6.07, 6.45) is 3.61. The Morgan fingerprint density at radius 3 is 2.33 bits per heavy atom. The molecule has 0 spiro atoms. The third-order valence-corrected chi connectivity index (χ3v) is 8.52. The van der Waals surface area contributed by atoms with Gasteiger partial charge in [0.25, 0.3) is 0 Å². The summed E-state index contributed by atoms with van der Waals surface area (Å²) >= 11 is 0. The fourth-order valence-electron chi connectivity index (χ4n) is 5.81. The minimum Gasteiger partial charge on any atom is -0.468 e. The summed E-state index contributed by atoms with van der Waals surface area (Å²) < 4.78 is 5.16. The van der Waals surface area contributed by atoms with Crippen LogP contribution in [0.25, 0.3) is 11.4 Å². The van der Waals surface area contributed by atoms with E-state index in [0.29, 0.717) is 12.5 Å². The number of hydrogen-bond acceptors (Lipinski definition) is 6. The van der Waals surface area contributed by atoms with Crippen molar-refractivity contribution in [3.63, 3.8) is 0 Å². The van der Waals surface area contributed by atoms with Crippen LogP contribution >= 0.6 is 0 Å². The number of aryl methyl sites for hydroxylation is 5. The normalized spacial score (nSPS) is 16.0. The van der Waals surface area contributed by atoms with Crippen LogP contribution in [0.4, 0.5) is 5.82 Å². The number of carbonyl (C=O) groups excluding carboxylic acids is 1. The highest BCUT2D eigenvalue weighted by Gasteiger charge is 2.33. The molecule has 3 aromatic rings. The Hall–Kier alpha value is -3.25. The smallest absolute Gasteiger partial charge is 0.324 e. The number of esters is 1. The number of aromatic nitrogens is 2. The van der Waals surface area contributed by atoms with Gasteiger partial charge in [0, 0.05) is 36.5 Å². The molecule has 0 radical (unpaired) electrons. The van der Waals surface area contributed by atoms with Crippen LogP contribution < -0.4 is 4.90 Å². The van der Waals surface area contributed by atoms with E-state index in [1.165, 1.54) is 40.5 Å². The van der Waals surface area contributed by atoms with Crippen LogP contribution in [0.15, 0.2) is 36.4 Å². The molecular formula is C34H46N4O2. The molecular weight excluding hydrogens is 496 g/mol. The molecule has 1 aromatic heterocycles. The Morgan fingerprint density at radius 2 is 1.70 bits per heavy atom. The molecule has 0 bridgehead atoms. The second-order valence-corrected chi connectivity index (χ2v) is 11.4. The second kappa shape index (κ2) is 12.9. The number of ether oxygens (including phenoxy) is 1.